The predicted molar refractivity (Wildman–Crippen MR) is 77.2 cm³/mol. The van der Waals surface area contributed by atoms with Gasteiger partial charge in [0.05, 0.1) is 15.6 Å². The molecule has 5 heteroatoms. The van der Waals surface area contributed by atoms with E-state index < -0.39 is 11.9 Å². The molecule has 102 valence electrons. The van der Waals surface area contributed by atoms with Gasteiger partial charge in [0.2, 0.25) is 0 Å². The fourth-order valence-electron chi connectivity index (χ4n) is 1.67. The molecule has 0 fully saturated rings. The van der Waals surface area contributed by atoms with E-state index in [0.29, 0.717) is 10.0 Å². The lowest BCUT2D eigenvalue weighted by Crippen LogP contribution is -2.10. The van der Waals surface area contributed by atoms with Crippen molar-refractivity contribution in [2.45, 2.75) is 6.92 Å². The fraction of sp³-hybridized carbons (Fsp3) is 0.0667. The lowest BCUT2D eigenvalue weighted by atomic mass is 10.1. The third-order valence-corrected chi connectivity index (χ3v) is 3.37. The van der Waals surface area contributed by atoms with Crippen LogP contribution in [-0.4, -0.2) is 17.0 Å². The molecule has 20 heavy (non-hydrogen) atoms. The molecule has 0 bridgehead atoms. The Morgan fingerprint density at radius 1 is 1.15 bits per heavy atom. The number of carbonyl (C=O) groups excluding carboxylic acids is 1. The molecule has 0 unspecified atom stereocenters. The van der Waals surface area contributed by atoms with Gasteiger partial charge in [-0.05, 0) is 52.7 Å². The summed E-state index contributed by atoms with van der Waals surface area (Å²) in [6.07, 6.45) is 0. The lowest BCUT2D eigenvalue weighted by Gasteiger charge is -2.08. The first-order valence-corrected chi connectivity index (χ1v) is 6.59. The summed E-state index contributed by atoms with van der Waals surface area (Å²) in [6, 6.07) is 11.3. The Morgan fingerprint density at radius 3 is 2.45 bits per heavy atom. The molecule has 1 N–H and O–H groups in total. The zero-order chi connectivity index (χ0) is 14.7. The molecule has 0 spiro atoms. The van der Waals surface area contributed by atoms with Gasteiger partial charge in [-0.2, -0.15) is 0 Å². The van der Waals surface area contributed by atoms with E-state index in [1.54, 1.807) is 12.1 Å². The summed E-state index contributed by atoms with van der Waals surface area (Å²) in [5, 5.41) is 8.87. The second-order valence-corrected chi connectivity index (χ2v) is 5.01. The van der Waals surface area contributed by atoms with Gasteiger partial charge in [-0.25, -0.2) is 9.59 Å². The molecular formula is C15H11BrO4. The van der Waals surface area contributed by atoms with Crippen LogP contribution >= 0.6 is 15.9 Å². The van der Waals surface area contributed by atoms with E-state index in [-0.39, 0.29) is 11.3 Å². The van der Waals surface area contributed by atoms with E-state index in [1.165, 1.54) is 18.2 Å². The zero-order valence-corrected chi connectivity index (χ0v) is 12.2. The molecule has 0 aromatic heterocycles. The average Bonchev–Trinajstić information content (AvgIpc) is 2.41. The van der Waals surface area contributed by atoms with Crippen molar-refractivity contribution < 1.29 is 19.4 Å². The molecule has 2 aromatic carbocycles. The molecule has 0 saturated carbocycles. The number of hydrogen-bond acceptors (Lipinski definition) is 3. The molecule has 0 aliphatic rings. The van der Waals surface area contributed by atoms with Crippen LogP contribution in [-0.2, 0) is 0 Å². The van der Waals surface area contributed by atoms with E-state index in [4.69, 9.17) is 9.84 Å². The quantitative estimate of drug-likeness (QED) is 0.687. The van der Waals surface area contributed by atoms with Crippen molar-refractivity contribution in [2.24, 2.45) is 0 Å². The summed E-state index contributed by atoms with van der Waals surface area (Å²) >= 11 is 3.19. The lowest BCUT2D eigenvalue weighted by molar-refractivity contribution is 0.0696. The van der Waals surface area contributed by atoms with Crippen LogP contribution in [0.1, 0.15) is 26.3 Å². The molecule has 0 atom stereocenters. The van der Waals surface area contributed by atoms with Crippen LogP contribution in [0, 0.1) is 6.92 Å². The minimum absolute atomic E-state index is 0.118. The Bertz CT molecular complexity index is 679. The van der Waals surface area contributed by atoms with Crippen molar-refractivity contribution >= 4 is 27.9 Å². The summed E-state index contributed by atoms with van der Waals surface area (Å²) in [4.78, 5) is 22.9. The van der Waals surface area contributed by atoms with Gasteiger partial charge in [0.1, 0.15) is 5.75 Å². The number of aryl methyl sites for hydroxylation is 1. The number of ether oxygens (including phenoxy) is 1. The number of aromatic carboxylic acids is 1. The van der Waals surface area contributed by atoms with Gasteiger partial charge < -0.3 is 9.84 Å². The molecule has 0 saturated heterocycles. The molecule has 2 rings (SSSR count). The highest BCUT2D eigenvalue weighted by molar-refractivity contribution is 9.10. The Morgan fingerprint density at radius 2 is 1.85 bits per heavy atom. The Balaban J connectivity index is 2.25. The highest BCUT2D eigenvalue weighted by Crippen LogP contribution is 2.27. The van der Waals surface area contributed by atoms with Crippen molar-refractivity contribution in [3.63, 3.8) is 0 Å². The zero-order valence-electron chi connectivity index (χ0n) is 10.6. The minimum Gasteiger partial charge on any atom is -0.478 e. The van der Waals surface area contributed by atoms with E-state index in [1.807, 2.05) is 19.1 Å². The summed E-state index contributed by atoms with van der Waals surface area (Å²) in [5.41, 5.74) is 1.41. The molecule has 2 aromatic rings. The summed E-state index contributed by atoms with van der Waals surface area (Å²) in [6.45, 7) is 1.82. The van der Waals surface area contributed by atoms with E-state index in [9.17, 15) is 9.59 Å². The Kier molecular flexibility index (Phi) is 4.20. The summed E-state index contributed by atoms with van der Waals surface area (Å²) in [5.74, 6) is -1.24. The first-order chi connectivity index (χ1) is 9.49. The monoisotopic (exact) mass is 334 g/mol. The summed E-state index contributed by atoms with van der Waals surface area (Å²) in [7, 11) is 0. The van der Waals surface area contributed by atoms with Gasteiger partial charge in [-0.15, -0.1) is 0 Å². The first-order valence-electron chi connectivity index (χ1n) is 5.79. The largest absolute Gasteiger partial charge is 0.478 e. The topological polar surface area (TPSA) is 63.6 Å². The third-order valence-electron chi connectivity index (χ3n) is 2.75. The van der Waals surface area contributed by atoms with Gasteiger partial charge >= 0.3 is 11.9 Å². The maximum atomic E-state index is 12.0. The van der Waals surface area contributed by atoms with Gasteiger partial charge in [0.25, 0.3) is 0 Å². The maximum Gasteiger partial charge on any atom is 0.343 e. The molecule has 0 heterocycles. The number of hydrogen-bond donors (Lipinski definition) is 1. The normalized spacial score (nSPS) is 10.1. The van der Waals surface area contributed by atoms with Gasteiger partial charge in [-0.3, -0.25) is 0 Å². The van der Waals surface area contributed by atoms with E-state index in [0.717, 1.165) is 5.56 Å². The standard InChI is InChI=1S/C15H11BrO4/c1-9-4-2-3-5-11(9)15(19)20-13-7-6-10(14(17)18)8-12(13)16/h2-8H,1H3,(H,17,18). The van der Waals surface area contributed by atoms with Crippen LogP contribution in [0.15, 0.2) is 46.9 Å². The molecule has 0 radical (unpaired) electrons. The number of carbonyl (C=O) groups is 2. The second-order valence-electron chi connectivity index (χ2n) is 4.15. The molecule has 0 aliphatic carbocycles. The molecule has 4 nitrogen and oxygen atoms in total. The van der Waals surface area contributed by atoms with Crippen molar-refractivity contribution in [3.05, 3.63) is 63.6 Å². The van der Waals surface area contributed by atoms with Crippen LogP contribution in [0.3, 0.4) is 0 Å². The van der Waals surface area contributed by atoms with E-state index in [2.05, 4.69) is 15.9 Å². The molecule has 0 aliphatic heterocycles. The SMILES string of the molecule is Cc1ccccc1C(=O)Oc1ccc(C(=O)O)cc1Br. The fourth-order valence-corrected chi connectivity index (χ4v) is 2.13. The van der Waals surface area contributed by atoms with Crippen LogP contribution in [0.2, 0.25) is 0 Å². The number of carboxylic acids is 1. The third kappa shape index (κ3) is 3.05. The van der Waals surface area contributed by atoms with Crippen molar-refractivity contribution in [1.82, 2.24) is 0 Å². The number of rotatable bonds is 3. The first kappa shape index (κ1) is 14.3. The average molecular weight is 335 g/mol. The van der Waals surface area contributed by atoms with Gasteiger partial charge in [0.15, 0.2) is 0 Å². The van der Waals surface area contributed by atoms with Crippen LogP contribution < -0.4 is 4.74 Å². The van der Waals surface area contributed by atoms with Crippen LogP contribution in [0.25, 0.3) is 0 Å². The van der Waals surface area contributed by atoms with E-state index >= 15 is 0 Å². The van der Waals surface area contributed by atoms with Crippen LogP contribution in [0.5, 0.6) is 5.75 Å². The van der Waals surface area contributed by atoms with Crippen molar-refractivity contribution in [1.29, 1.82) is 0 Å². The van der Waals surface area contributed by atoms with Crippen molar-refractivity contribution in [3.8, 4) is 5.75 Å². The van der Waals surface area contributed by atoms with Crippen LogP contribution in [0.4, 0.5) is 0 Å². The van der Waals surface area contributed by atoms with Gasteiger partial charge in [0, 0.05) is 0 Å². The molecular weight excluding hydrogens is 324 g/mol. The summed E-state index contributed by atoms with van der Waals surface area (Å²) < 4.78 is 5.68. The number of halogens is 1. The highest BCUT2D eigenvalue weighted by atomic mass is 79.9. The molecule has 0 amide bonds. The number of benzene rings is 2. The highest BCUT2D eigenvalue weighted by Gasteiger charge is 2.14. The minimum atomic E-state index is -1.04. The maximum absolute atomic E-state index is 12.0. The number of esters is 1. The van der Waals surface area contributed by atoms with Crippen molar-refractivity contribution in [2.75, 3.05) is 0 Å². The second kappa shape index (κ2) is 5.88. The van der Waals surface area contributed by atoms with Gasteiger partial charge in [-0.1, -0.05) is 18.2 Å². The smallest absolute Gasteiger partial charge is 0.343 e. The predicted octanol–water partition coefficient (Wildman–Crippen LogP) is 3.67. The Hall–Kier alpha value is -2.14. The number of carboxylic acid groups (broad SMARTS) is 1. The Labute approximate surface area is 124 Å².